The van der Waals surface area contributed by atoms with Crippen LogP contribution in [0.5, 0.6) is 0 Å². The Balaban J connectivity index is 1.18. The number of aromatic amines is 1. The minimum absolute atomic E-state index is 0.0327. The lowest BCUT2D eigenvalue weighted by atomic mass is 10.2. The number of aromatic nitrogens is 4. The third-order valence-electron chi connectivity index (χ3n) is 6.30. The third kappa shape index (κ3) is 4.52. The summed E-state index contributed by atoms with van der Waals surface area (Å²) in [5, 5.41) is 9.27. The lowest BCUT2D eigenvalue weighted by molar-refractivity contribution is 0.113. The zero-order valence-corrected chi connectivity index (χ0v) is 21.0. The topological polar surface area (TPSA) is 91.2 Å². The molecule has 0 saturated carbocycles. The van der Waals surface area contributed by atoms with E-state index >= 15 is 0 Å². The molecule has 174 valence electrons. The number of rotatable bonds is 6. The van der Waals surface area contributed by atoms with Crippen LogP contribution in [0.15, 0.2) is 15.3 Å². The lowest BCUT2D eigenvalue weighted by Gasteiger charge is -2.33. The Kier molecular flexibility index (Phi) is 6.17. The van der Waals surface area contributed by atoms with Crippen LogP contribution < -0.4 is 5.56 Å². The van der Waals surface area contributed by atoms with Crippen LogP contribution in [0.1, 0.15) is 39.5 Å². The molecule has 1 aliphatic rings. The fourth-order valence-electron chi connectivity index (χ4n) is 4.28. The molecule has 0 spiro atoms. The average molecular weight is 485 g/mol. The Labute approximate surface area is 200 Å². The zero-order chi connectivity index (χ0) is 23.1. The van der Waals surface area contributed by atoms with Gasteiger partial charge in [0.25, 0.3) is 11.4 Å². The molecule has 4 aromatic heterocycles. The first kappa shape index (κ1) is 22.4. The van der Waals surface area contributed by atoms with E-state index in [1.165, 1.54) is 10.4 Å². The third-order valence-corrected chi connectivity index (χ3v) is 8.78. The number of nitrogens with one attached hydrogen (secondary N) is 1. The van der Waals surface area contributed by atoms with Crippen molar-refractivity contribution in [2.45, 2.75) is 47.2 Å². The Morgan fingerprint density at radius 2 is 1.79 bits per heavy atom. The van der Waals surface area contributed by atoms with Gasteiger partial charge in [-0.15, -0.1) is 32.9 Å². The summed E-state index contributed by atoms with van der Waals surface area (Å²) >= 11 is 3.32. The van der Waals surface area contributed by atoms with Gasteiger partial charge in [-0.05, 0) is 44.4 Å². The lowest BCUT2D eigenvalue weighted by Crippen LogP contribution is -2.45. The number of H-pyrrole nitrogens is 1. The van der Waals surface area contributed by atoms with Crippen molar-refractivity contribution in [2.75, 3.05) is 26.2 Å². The molecule has 0 bridgehead atoms. The minimum atomic E-state index is -0.0327. The number of thiophene rings is 2. The maximum atomic E-state index is 12.5. The summed E-state index contributed by atoms with van der Waals surface area (Å²) in [4.78, 5) is 29.3. The first-order valence-electron chi connectivity index (χ1n) is 11.3. The first-order valence-corrected chi connectivity index (χ1v) is 12.9. The molecule has 1 N–H and O–H groups in total. The van der Waals surface area contributed by atoms with E-state index in [9.17, 15) is 4.79 Å². The number of nitrogens with zero attached hydrogens (tertiary/aromatic N) is 5. The molecule has 33 heavy (non-hydrogen) atoms. The molecule has 0 unspecified atom stereocenters. The molecule has 8 nitrogen and oxygen atoms in total. The molecule has 4 aromatic rings. The number of hydrogen-bond donors (Lipinski definition) is 1. The fourth-order valence-corrected chi connectivity index (χ4v) is 6.36. The van der Waals surface area contributed by atoms with Crippen LogP contribution in [0.2, 0.25) is 0 Å². The molecule has 0 aliphatic carbocycles. The van der Waals surface area contributed by atoms with Gasteiger partial charge in [0, 0.05) is 35.9 Å². The summed E-state index contributed by atoms with van der Waals surface area (Å²) in [6.07, 6.45) is 1.02. The van der Waals surface area contributed by atoms with E-state index in [1.807, 2.05) is 13.8 Å². The van der Waals surface area contributed by atoms with E-state index in [4.69, 9.17) is 9.40 Å². The molecular weight excluding hydrogens is 456 g/mol. The highest BCUT2D eigenvalue weighted by molar-refractivity contribution is 7.18. The highest BCUT2D eigenvalue weighted by Crippen LogP contribution is 2.31. The van der Waals surface area contributed by atoms with Crippen molar-refractivity contribution in [1.82, 2.24) is 30.0 Å². The maximum Gasteiger partial charge on any atom is 0.259 e. The van der Waals surface area contributed by atoms with Gasteiger partial charge < -0.3 is 9.40 Å². The Morgan fingerprint density at radius 1 is 1.06 bits per heavy atom. The summed E-state index contributed by atoms with van der Waals surface area (Å²) in [7, 11) is 0. The molecule has 0 radical (unpaired) electrons. The van der Waals surface area contributed by atoms with Gasteiger partial charge in [0.2, 0.25) is 5.89 Å². The number of fused-ring (bicyclic) bond motifs is 1. The van der Waals surface area contributed by atoms with E-state index in [-0.39, 0.29) is 5.56 Å². The standard InChI is InChI=1S/C23H28N6O2S2/c1-5-16-13(2)10-17(33-16)22-27-26-19(31-22)12-29-8-6-28(7-9-29)11-18-24-21(30)20-14(3)15(4)32-23(20)25-18/h10H,5-9,11-12H2,1-4H3,(H,24,25,30). The van der Waals surface area contributed by atoms with E-state index in [1.54, 1.807) is 22.7 Å². The number of piperazine rings is 1. The van der Waals surface area contributed by atoms with Gasteiger partial charge in [-0.3, -0.25) is 14.6 Å². The molecule has 1 aliphatic heterocycles. The van der Waals surface area contributed by atoms with Crippen LogP contribution in [-0.4, -0.2) is 56.1 Å². The first-order chi connectivity index (χ1) is 15.9. The van der Waals surface area contributed by atoms with Crippen LogP contribution in [0, 0.1) is 20.8 Å². The van der Waals surface area contributed by atoms with Crippen molar-refractivity contribution in [3.05, 3.63) is 49.0 Å². The molecular formula is C23H28N6O2S2. The molecule has 0 atom stereocenters. The Morgan fingerprint density at radius 3 is 2.48 bits per heavy atom. The highest BCUT2D eigenvalue weighted by Gasteiger charge is 2.21. The van der Waals surface area contributed by atoms with E-state index in [0.717, 1.165) is 64.0 Å². The monoisotopic (exact) mass is 484 g/mol. The van der Waals surface area contributed by atoms with Crippen LogP contribution in [0.4, 0.5) is 0 Å². The van der Waals surface area contributed by atoms with Crippen molar-refractivity contribution in [3.63, 3.8) is 0 Å². The van der Waals surface area contributed by atoms with Crippen molar-refractivity contribution >= 4 is 32.9 Å². The predicted molar refractivity (Wildman–Crippen MR) is 132 cm³/mol. The van der Waals surface area contributed by atoms with Crippen molar-refractivity contribution in [1.29, 1.82) is 0 Å². The molecule has 10 heteroatoms. The summed E-state index contributed by atoms with van der Waals surface area (Å²) in [5.41, 5.74) is 2.29. The highest BCUT2D eigenvalue weighted by atomic mass is 32.1. The maximum absolute atomic E-state index is 12.5. The summed E-state index contributed by atoms with van der Waals surface area (Å²) in [6, 6.07) is 2.13. The second kappa shape index (κ2) is 9.09. The van der Waals surface area contributed by atoms with Crippen LogP contribution >= 0.6 is 22.7 Å². The van der Waals surface area contributed by atoms with E-state index in [0.29, 0.717) is 24.9 Å². The molecule has 0 amide bonds. The molecule has 5 heterocycles. The van der Waals surface area contributed by atoms with Crippen LogP contribution in [0.25, 0.3) is 21.0 Å². The van der Waals surface area contributed by atoms with Crippen molar-refractivity contribution in [2.24, 2.45) is 0 Å². The molecule has 1 fully saturated rings. The van der Waals surface area contributed by atoms with Gasteiger partial charge in [-0.1, -0.05) is 6.92 Å². The average Bonchev–Trinajstić information content (AvgIpc) is 3.47. The number of hydrogen-bond acceptors (Lipinski definition) is 9. The van der Waals surface area contributed by atoms with Gasteiger partial charge >= 0.3 is 0 Å². The SMILES string of the molecule is CCc1sc(-c2nnc(CN3CCN(Cc4nc5sc(C)c(C)c5c(=O)[nH]4)CC3)o2)cc1C. The second-order valence-corrected chi connectivity index (χ2v) is 10.9. The summed E-state index contributed by atoms with van der Waals surface area (Å²) in [5.74, 6) is 2.00. The summed E-state index contributed by atoms with van der Waals surface area (Å²) in [6.45, 7) is 13.2. The van der Waals surface area contributed by atoms with E-state index < -0.39 is 0 Å². The quantitative estimate of drug-likeness (QED) is 0.444. The molecule has 5 rings (SSSR count). The van der Waals surface area contributed by atoms with Gasteiger partial charge in [0.1, 0.15) is 10.7 Å². The van der Waals surface area contributed by atoms with E-state index in [2.05, 4.69) is 44.9 Å². The smallest absolute Gasteiger partial charge is 0.259 e. The summed E-state index contributed by atoms with van der Waals surface area (Å²) < 4.78 is 5.96. The van der Waals surface area contributed by atoms with Crippen molar-refractivity contribution < 1.29 is 4.42 Å². The van der Waals surface area contributed by atoms with Gasteiger partial charge in [0.15, 0.2) is 0 Å². The Bertz CT molecular complexity index is 1340. The van der Waals surface area contributed by atoms with Gasteiger partial charge in [-0.25, -0.2) is 4.98 Å². The van der Waals surface area contributed by atoms with Gasteiger partial charge in [0.05, 0.1) is 23.4 Å². The zero-order valence-electron chi connectivity index (χ0n) is 19.4. The normalized spacial score (nSPS) is 15.6. The van der Waals surface area contributed by atoms with Crippen LogP contribution in [0.3, 0.4) is 0 Å². The largest absolute Gasteiger partial charge is 0.419 e. The van der Waals surface area contributed by atoms with Crippen molar-refractivity contribution in [3.8, 4) is 10.8 Å². The van der Waals surface area contributed by atoms with Crippen LogP contribution in [-0.2, 0) is 19.5 Å². The minimum Gasteiger partial charge on any atom is -0.419 e. The second-order valence-electron chi connectivity index (χ2n) is 8.60. The van der Waals surface area contributed by atoms with Gasteiger partial charge in [-0.2, -0.15) is 0 Å². The predicted octanol–water partition coefficient (Wildman–Crippen LogP) is 3.90. The molecule has 0 aromatic carbocycles. The fraction of sp³-hybridized carbons (Fsp3) is 0.478. The number of aryl methyl sites for hydroxylation is 4. The molecule has 1 saturated heterocycles. The Hall–Kier alpha value is -2.40.